The van der Waals surface area contributed by atoms with Gasteiger partial charge in [-0.15, -0.1) is 0 Å². The van der Waals surface area contributed by atoms with Crippen LogP contribution in [0, 0.1) is 5.41 Å². The molecule has 0 aliphatic heterocycles. The quantitative estimate of drug-likeness (QED) is 0.610. The first-order chi connectivity index (χ1) is 6.95. The van der Waals surface area contributed by atoms with Crippen LogP contribution in [0.15, 0.2) is 0 Å². The third-order valence-corrected chi connectivity index (χ3v) is 2.44. The summed E-state index contributed by atoms with van der Waals surface area (Å²) in [5.41, 5.74) is 0.362. The minimum Gasteiger partial charge on any atom is -0.393 e. The largest absolute Gasteiger partial charge is 0.393 e. The van der Waals surface area contributed by atoms with Crippen LogP contribution in [-0.4, -0.2) is 24.3 Å². The van der Waals surface area contributed by atoms with E-state index in [2.05, 4.69) is 33.0 Å². The van der Waals surface area contributed by atoms with Crippen molar-refractivity contribution in [3.63, 3.8) is 0 Å². The van der Waals surface area contributed by atoms with E-state index in [4.69, 9.17) is 0 Å². The average Bonchev–Trinajstić information content (AvgIpc) is 2.12. The highest BCUT2D eigenvalue weighted by Crippen LogP contribution is 2.10. The summed E-state index contributed by atoms with van der Waals surface area (Å²) in [5.74, 6) is 0. The van der Waals surface area contributed by atoms with Crippen LogP contribution in [0.3, 0.4) is 0 Å². The van der Waals surface area contributed by atoms with Gasteiger partial charge in [0, 0.05) is 0 Å². The Kier molecular flexibility index (Phi) is 8.07. The van der Waals surface area contributed by atoms with Gasteiger partial charge in [-0.3, -0.25) is 0 Å². The van der Waals surface area contributed by atoms with Crippen LogP contribution in [0.2, 0.25) is 0 Å². The smallest absolute Gasteiger partial charge is 0.0540 e. The zero-order chi connectivity index (χ0) is 11.7. The molecule has 2 N–H and O–H groups in total. The second kappa shape index (κ2) is 8.12. The van der Waals surface area contributed by atoms with Crippen LogP contribution >= 0.6 is 0 Å². The Hall–Kier alpha value is -0.0800. The van der Waals surface area contributed by atoms with Crippen molar-refractivity contribution in [3.8, 4) is 0 Å². The maximum atomic E-state index is 9.61. The van der Waals surface area contributed by atoms with Gasteiger partial charge in [0.25, 0.3) is 0 Å². The lowest BCUT2D eigenvalue weighted by Gasteiger charge is -2.19. The van der Waals surface area contributed by atoms with Gasteiger partial charge in [0.15, 0.2) is 0 Å². The highest BCUT2D eigenvalue weighted by atomic mass is 16.3. The molecule has 0 bridgehead atoms. The highest BCUT2D eigenvalue weighted by molar-refractivity contribution is 4.65. The molecule has 92 valence electrons. The molecule has 2 heteroatoms. The Balaban J connectivity index is 3.23. The maximum absolute atomic E-state index is 9.61. The third-order valence-electron chi connectivity index (χ3n) is 2.44. The summed E-state index contributed by atoms with van der Waals surface area (Å²) in [6.45, 7) is 10.9. The molecule has 1 atom stereocenters. The van der Waals surface area contributed by atoms with E-state index in [1.807, 2.05) is 0 Å². The zero-order valence-electron chi connectivity index (χ0n) is 11.0. The van der Waals surface area contributed by atoms with E-state index in [-0.39, 0.29) is 6.10 Å². The van der Waals surface area contributed by atoms with Crippen LogP contribution in [-0.2, 0) is 0 Å². The normalized spacial score (nSPS) is 14.2. The highest BCUT2D eigenvalue weighted by Gasteiger charge is 2.08. The van der Waals surface area contributed by atoms with E-state index in [0.717, 1.165) is 38.8 Å². The van der Waals surface area contributed by atoms with Crippen molar-refractivity contribution in [3.05, 3.63) is 0 Å². The summed E-state index contributed by atoms with van der Waals surface area (Å²) in [6.07, 6.45) is 5.24. The second-order valence-corrected chi connectivity index (χ2v) is 5.68. The van der Waals surface area contributed by atoms with E-state index >= 15 is 0 Å². The van der Waals surface area contributed by atoms with Gasteiger partial charge in [-0.1, -0.05) is 40.5 Å². The van der Waals surface area contributed by atoms with Crippen molar-refractivity contribution in [2.75, 3.05) is 13.1 Å². The Labute approximate surface area is 95.5 Å². The van der Waals surface area contributed by atoms with Crippen molar-refractivity contribution in [2.24, 2.45) is 5.41 Å². The van der Waals surface area contributed by atoms with Gasteiger partial charge >= 0.3 is 0 Å². The number of nitrogens with one attached hydrogen (secondary N) is 1. The minimum atomic E-state index is -0.0820. The molecule has 0 aromatic rings. The van der Waals surface area contributed by atoms with Gasteiger partial charge in [-0.05, 0) is 37.8 Å². The van der Waals surface area contributed by atoms with Gasteiger partial charge in [0.1, 0.15) is 0 Å². The maximum Gasteiger partial charge on any atom is 0.0540 e. The van der Waals surface area contributed by atoms with Crippen LogP contribution in [0.25, 0.3) is 0 Å². The Bertz CT molecular complexity index is 140. The predicted octanol–water partition coefficient (Wildman–Crippen LogP) is 2.95. The Morgan fingerprint density at radius 1 is 1.13 bits per heavy atom. The van der Waals surface area contributed by atoms with E-state index in [9.17, 15) is 5.11 Å². The first-order valence-electron chi connectivity index (χ1n) is 6.34. The lowest BCUT2D eigenvalue weighted by atomic mass is 9.97. The summed E-state index contributed by atoms with van der Waals surface area (Å²) in [5, 5.41) is 13.0. The van der Waals surface area contributed by atoms with E-state index in [1.165, 1.54) is 6.42 Å². The molecule has 0 aromatic heterocycles. The van der Waals surface area contributed by atoms with E-state index in [1.54, 1.807) is 0 Å². The number of hydrogen-bond acceptors (Lipinski definition) is 2. The molecule has 0 spiro atoms. The molecule has 0 saturated heterocycles. The SMILES string of the molecule is CCCC[C@@H](O)CCCNCC(C)(C)C. The summed E-state index contributed by atoms with van der Waals surface area (Å²) >= 11 is 0. The number of aliphatic hydroxyl groups excluding tert-OH is 1. The Morgan fingerprint density at radius 2 is 1.73 bits per heavy atom. The molecule has 0 aliphatic carbocycles. The van der Waals surface area contributed by atoms with Crippen molar-refractivity contribution in [2.45, 2.75) is 65.9 Å². The molecule has 0 heterocycles. The third kappa shape index (κ3) is 11.8. The molecule has 0 aromatic carbocycles. The van der Waals surface area contributed by atoms with Gasteiger partial charge < -0.3 is 10.4 Å². The van der Waals surface area contributed by atoms with Crippen molar-refractivity contribution >= 4 is 0 Å². The molecule has 0 unspecified atom stereocenters. The van der Waals surface area contributed by atoms with Gasteiger partial charge in [-0.2, -0.15) is 0 Å². The fraction of sp³-hybridized carbons (Fsp3) is 1.00. The second-order valence-electron chi connectivity index (χ2n) is 5.68. The monoisotopic (exact) mass is 215 g/mol. The molecule has 0 saturated carbocycles. The topological polar surface area (TPSA) is 32.3 Å². The fourth-order valence-electron chi connectivity index (χ4n) is 1.51. The lowest BCUT2D eigenvalue weighted by Crippen LogP contribution is -2.28. The van der Waals surface area contributed by atoms with Gasteiger partial charge in [0.05, 0.1) is 6.10 Å². The summed E-state index contributed by atoms with van der Waals surface area (Å²) in [7, 11) is 0. The minimum absolute atomic E-state index is 0.0820. The lowest BCUT2D eigenvalue weighted by molar-refractivity contribution is 0.148. The van der Waals surface area contributed by atoms with E-state index < -0.39 is 0 Å². The summed E-state index contributed by atoms with van der Waals surface area (Å²) in [6, 6.07) is 0. The average molecular weight is 215 g/mol. The first-order valence-corrected chi connectivity index (χ1v) is 6.34. The zero-order valence-corrected chi connectivity index (χ0v) is 11.0. The molecule has 15 heavy (non-hydrogen) atoms. The molecule has 0 amide bonds. The number of aliphatic hydroxyl groups is 1. The van der Waals surface area contributed by atoms with Crippen LogP contribution in [0.4, 0.5) is 0 Å². The first kappa shape index (κ1) is 14.9. The van der Waals surface area contributed by atoms with Crippen LogP contribution in [0.1, 0.15) is 59.8 Å². The molecule has 0 radical (unpaired) electrons. The summed E-state index contributed by atoms with van der Waals surface area (Å²) in [4.78, 5) is 0. The molecular formula is C13H29NO. The van der Waals surface area contributed by atoms with Crippen LogP contribution < -0.4 is 5.32 Å². The number of rotatable bonds is 8. The predicted molar refractivity (Wildman–Crippen MR) is 67.1 cm³/mol. The van der Waals surface area contributed by atoms with Gasteiger partial charge in [-0.25, -0.2) is 0 Å². The number of unbranched alkanes of at least 4 members (excludes halogenated alkanes) is 1. The molecule has 0 fully saturated rings. The number of hydrogen-bond donors (Lipinski definition) is 2. The summed E-state index contributed by atoms with van der Waals surface area (Å²) < 4.78 is 0. The standard InChI is InChI=1S/C13H29NO/c1-5-6-8-12(15)9-7-10-14-11-13(2,3)4/h12,14-15H,5-11H2,1-4H3/t12-/m1/s1. The molecule has 0 rings (SSSR count). The molecule has 0 aliphatic rings. The van der Waals surface area contributed by atoms with Crippen molar-refractivity contribution in [1.82, 2.24) is 5.32 Å². The van der Waals surface area contributed by atoms with Crippen LogP contribution in [0.5, 0.6) is 0 Å². The molecule has 2 nitrogen and oxygen atoms in total. The Morgan fingerprint density at radius 3 is 2.27 bits per heavy atom. The van der Waals surface area contributed by atoms with Crippen molar-refractivity contribution < 1.29 is 5.11 Å². The van der Waals surface area contributed by atoms with E-state index in [0.29, 0.717) is 5.41 Å². The fourth-order valence-corrected chi connectivity index (χ4v) is 1.51. The molecular weight excluding hydrogens is 186 g/mol. The van der Waals surface area contributed by atoms with Gasteiger partial charge in [0.2, 0.25) is 0 Å². The van der Waals surface area contributed by atoms with Crippen molar-refractivity contribution in [1.29, 1.82) is 0 Å².